The van der Waals surface area contributed by atoms with E-state index in [1.165, 1.54) is 11.1 Å². The fraction of sp³-hybridized carbons (Fsp3) is 0.0909. The number of halogens is 1. The molecule has 0 aliphatic rings. The number of nitrogens with one attached hydrogen (secondary N) is 1. The van der Waals surface area contributed by atoms with E-state index in [1.54, 1.807) is 6.33 Å². The molecule has 0 spiro atoms. The molecule has 1 aromatic heterocycles. The van der Waals surface area contributed by atoms with Crippen molar-refractivity contribution in [2.45, 2.75) is 13.8 Å². The van der Waals surface area contributed by atoms with Crippen LogP contribution in [0.3, 0.4) is 0 Å². The van der Waals surface area contributed by atoms with Crippen LogP contribution in [-0.4, -0.2) is 9.97 Å². The zero-order chi connectivity index (χ0) is 18.8. The van der Waals surface area contributed by atoms with Crippen molar-refractivity contribution in [3.8, 4) is 11.5 Å². The fourth-order valence-electron chi connectivity index (χ4n) is 2.83. The van der Waals surface area contributed by atoms with Crippen molar-refractivity contribution in [2.75, 3.05) is 5.32 Å². The highest BCUT2D eigenvalue weighted by atomic mass is 35.5. The topological polar surface area (TPSA) is 47.0 Å². The number of aryl methyl sites for hydroxylation is 2. The van der Waals surface area contributed by atoms with Crippen LogP contribution in [0, 0.1) is 13.8 Å². The van der Waals surface area contributed by atoms with Gasteiger partial charge in [0.25, 0.3) is 0 Å². The number of aromatic nitrogens is 2. The van der Waals surface area contributed by atoms with E-state index in [0.717, 1.165) is 28.2 Å². The number of benzene rings is 3. The molecule has 5 heteroatoms. The molecule has 27 heavy (non-hydrogen) atoms. The van der Waals surface area contributed by atoms with Gasteiger partial charge < -0.3 is 10.1 Å². The minimum atomic E-state index is 0.522. The maximum atomic E-state index is 6.41. The molecule has 134 valence electrons. The van der Waals surface area contributed by atoms with Crippen LogP contribution in [-0.2, 0) is 0 Å². The Bertz CT molecular complexity index is 1110. The van der Waals surface area contributed by atoms with Gasteiger partial charge in [0.05, 0.1) is 10.5 Å². The summed E-state index contributed by atoms with van der Waals surface area (Å²) in [5.41, 5.74) is 4.15. The number of rotatable bonds is 4. The van der Waals surface area contributed by atoms with E-state index in [4.69, 9.17) is 16.3 Å². The molecule has 4 nitrogen and oxygen atoms in total. The molecule has 0 saturated heterocycles. The van der Waals surface area contributed by atoms with Crippen molar-refractivity contribution in [1.29, 1.82) is 0 Å². The highest BCUT2D eigenvalue weighted by Gasteiger charge is 2.09. The monoisotopic (exact) mass is 375 g/mol. The van der Waals surface area contributed by atoms with E-state index in [1.807, 2.05) is 48.5 Å². The van der Waals surface area contributed by atoms with Crippen molar-refractivity contribution in [3.05, 3.63) is 83.1 Å². The number of anilines is 2. The quantitative estimate of drug-likeness (QED) is 0.446. The number of hydrogen-bond acceptors (Lipinski definition) is 4. The summed E-state index contributed by atoms with van der Waals surface area (Å²) in [7, 11) is 0. The largest absolute Gasteiger partial charge is 0.456 e. The second kappa shape index (κ2) is 7.25. The van der Waals surface area contributed by atoms with Gasteiger partial charge in [0.1, 0.15) is 23.6 Å². The van der Waals surface area contributed by atoms with Crippen molar-refractivity contribution in [2.24, 2.45) is 0 Å². The Balaban J connectivity index is 1.63. The summed E-state index contributed by atoms with van der Waals surface area (Å²) in [6, 6.07) is 19.3. The molecule has 3 aromatic carbocycles. The first-order valence-corrected chi connectivity index (χ1v) is 8.99. The Hall–Kier alpha value is -3.11. The minimum Gasteiger partial charge on any atom is -0.456 e. The van der Waals surface area contributed by atoms with Crippen LogP contribution in [0.4, 0.5) is 11.5 Å². The molecule has 0 aliphatic carbocycles. The van der Waals surface area contributed by atoms with Crippen LogP contribution in [0.2, 0.25) is 5.02 Å². The SMILES string of the molecule is Cc1cc2ncnc(Nc3ccc(Oc4ccccc4)c(Cl)c3)c2cc1C. The predicted octanol–water partition coefficient (Wildman–Crippen LogP) is 6.44. The third-order valence-corrected chi connectivity index (χ3v) is 4.71. The maximum absolute atomic E-state index is 6.41. The van der Waals surface area contributed by atoms with Gasteiger partial charge in [-0.1, -0.05) is 29.8 Å². The van der Waals surface area contributed by atoms with Gasteiger partial charge >= 0.3 is 0 Å². The molecule has 1 heterocycles. The van der Waals surface area contributed by atoms with Gasteiger partial charge in [0, 0.05) is 11.1 Å². The van der Waals surface area contributed by atoms with Gasteiger partial charge in [0.2, 0.25) is 0 Å². The molecule has 0 fully saturated rings. The summed E-state index contributed by atoms with van der Waals surface area (Å²) >= 11 is 6.41. The summed E-state index contributed by atoms with van der Waals surface area (Å²) < 4.78 is 5.83. The highest BCUT2D eigenvalue weighted by molar-refractivity contribution is 6.32. The molecule has 4 rings (SSSR count). The first-order valence-electron chi connectivity index (χ1n) is 8.61. The Labute approximate surface area is 162 Å². The van der Waals surface area contributed by atoms with Crippen LogP contribution in [0.25, 0.3) is 10.9 Å². The molecule has 0 amide bonds. The van der Waals surface area contributed by atoms with E-state index in [0.29, 0.717) is 10.8 Å². The van der Waals surface area contributed by atoms with Crippen LogP contribution < -0.4 is 10.1 Å². The third kappa shape index (κ3) is 3.71. The van der Waals surface area contributed by atoms with Crippen LogP contribution in [0.15, 0.2) is 67.0 Å². The van der Waals surface area contributed by atoms with E-state index < -0.39 is 0 Å². The second-order valence-corrected chi connectivity index (χ2v) is 6.77. The van der Waals surface area contributed by atoms with Crippen molar-refractivity contribution >= 4 is 34.0 Å². The van der Waals surface area contributed by atoms with E-state index in [-0.39, 0.29) is 0 Å². The molecule has 0 aliphatic heterocycles. The van der Waals surface area contributed by atoms with Gasteiger partial charge in [-0.2, -0.15) is 0 Å². The first-order chi connectivity index (χ1) is 13.1. The zero-order valence-electron chi connectivity index (χ0n) is 15.0. The molecule has 4 aromatic rings. The van der Waals surface area contributed by atoms with Crippen LogP contribution in [0.5, 0.6) is 11.5 Å². The normalized spacial score (nSPS) is 10.8. The lowest BCUT2D eigenvalue weighted by Gasteiger charge is -2.12. The Morgan fingerprint density at radius 1 is 0.889 bits per heavy atom. The summed E-state index contributed by atoms with van der Waals surface area (Å²) in [5.74, 6) is 2.09. The molecule has 0 atom stereocenters. The average Bonchev–Trinajstić information content (AvgIpc) is 2.66. The van der Waals surface area contributed by atoms with E-state index in [2.05, 4.69) is 41.3 Å². The minimum absolute atomic E-state index is 0.522. The summed E-state index contributed by atoms with van der Waals surface area (Å²) in [6.07, 6.45) is 1.56. The molecule has 0 unspecified atom stereocenters. The summed E-state index contributed by atoms with van der Waals surface area (Å²) in [6.45, 7) is 4.16. The molecule has 0 saturated carbocycles. The van der Waals surface area contributed by atoms with Gasteiger partial charge in [-0.15, -0.1) is 0 Å². The Kier molecular flexibility index (Phi) is 4.65. The second-order valence-electron chi connectivity index (χ2n) is 6.36. The molecular weight excluding hydrogens is 358 g/mol. The third-order valence-electron chi connectivity index (χ3n) is 4.42. The lowest BCUT2D eigenvalue weighted by Crippen LogP contribution is -1.97. The number of ether oxygens (including phenoxy) is 1. The number of nitrogens with zero attached hydrogens (tertiary/aromatic N) is 2. The molecule has 0 bridgehead atoms. The van der Waals surface area contributed by atoms with E-state index in [9.17, 15) is 0 Å². The smallest absolute Gasteiger partial charge is 0.146 e. The Morgan fingerprint density at radius 3 is 2.44 bits per heavy atom. The van der Waals surface area contributed by atoms with Crippen molar-refractivity contribution in [1.82, 2.24) is 9.97 Å². The number of para-hydroxylation sites is 1. The maximum Gasteiger partial charge on any atom is 0.146 e. The number of hydrogen-bond donors (Lipinski definition) is 1. The van der Waals surface area contributed by atoms with Gasteiger partial charge in [-0.3, -0.25) is 0 Å². The van der Waals surface area contributed by atoms with Gasteiger partial charge in [-0.25, -0.2) is 9.97 Å². The first kappa shape index (κ1) is 17.3. The predicted molar refractivity (Wildman–Crippen MR) is 110 cm³/mol. The van der Waals surface area contributed by atoms with Crippen molar-refractivity contribution < 1.29 is 4.74 Å². The Morgan fingerprint density at radius 2 is 1.67 bits per heavy atom. The summed E-state index contributed by atoms with van der Waals surface area (Å²) in [5, 5.41) is 4.83. The standard InChI is InChI=1S/C22H18ClN3O/c1-14-10-18-20(11-15(14)2)24-13-25-22(18)26-16-8-9-21(19(23)12-16)27-17-6-4-3-5-7-17/h3-13H,1-2H3,(H,24,25,26). The van der Waals surface area contributed by atoms with Crippen molar-refractivity contribution in [3.63, 3.8) is 0 Å². The van der Waals surface area contributed by atoms with Crippen LogP contribution in [0.1, 0.15) is 11.1 Å². The van der Waals surface area contributed by atoms with Gasteiger partial charge in [0.15, 0.2) is 0 Å². The summed E-state index contributed by atoms with van der Waals surface area (Å²) in [4.78, 5) is 8.76. The fourth-order valence-corrected chi connectivity index (χ4v) is 3.05. The molecular formula is C22H18ClN3O. The van der Waals surface area contributed by atoms with E-state index >= 15 is 0 Å². The lowest BCUT2D eigenvalue weighted by molar-refractivity contribution is 0.483. The molecule has 0 radical (unpaired) electrons. The zero-order valence-corrected chi connectivity index (χ0v) is 15.8. The van der Waals surface area contributed by atoms with Gasteiger partial charge in [-0.05, 0) is 67.4 Å². The number of fused-ring (bicyclic) bond motifs is 1. The highest BCUT2D eigenvalue weighted by Crippen LogP contribution is 2.33. The van der Waals surface area contributed by atoms with Crippen LogP contribution >= 0.6 is 11.6 Å². The lowest BCUT2D eigenvalue weighted by atomic mass is 10.1. The molecule has 1 N–H and O–H groups in total. The average molecular weight is 376 g/mol.